The van der Waals surface area contributed by atoms with Crippen LogP contribution in [0.3, 0.4) is 0 Å². The zero-order valence-corrected chi connectivity index (χ0v) is 9.64. The van der Waals surface area contributed by atoms with Crippen LogP contribution in [-0.2, 0) is 0 Å². The van der Waals surface area contributed by atoms with Gasteiger partial charge in [0.2, 0.25) is 17.5 Å². The van der Waals surface area contributed by atoms with E-state index >= 15 is 0 Å². The Morgan fingerprint density at radius 1 is 1.41 bits per heavy atom. The minimum absolute atomic E-state index is 0.0535. The molecule has 17 heavy (non-hydrogen) atoms. The molecule has 0 amide bonds. The van der Waals surface area contributed by atoms with Crippen LogP contribution in [0.4, 0.5) is 11.6 Å². The first kappa shape index (κ1) is 11.0. The van der Waals surface area contributed by atoms with Crippen molar-refractivity contribution < 1.29 is 4.42 Å². The predicted molar refractivity (Wildman–Crippen MR) is 65.4 cm³/mol. The van der Waals surface area contributed by atoms with E-state index in [0.717, 1.165) is 11.3 Å². The van der Waals surface area contributed by atoms with Gasteiger partial charge in [0.1, 0.15) is 6.07 Å². The van der Waals surface area contributed by atoms with Crippen molar-refractivity contribution in [3.05, 3.63) is 30.0 Å². The monoisotopic (exact) mass is 228 g/mol. The minimum atomic E-state index is 0.0535. The number of aromatic nitrogens is 1. The molecule has 2 N–H and O–H groups in total. The molecule has 1 aromatic carbocycles. The number of benzene rings is 1. The average molecular weight is 228 g/mol. The Morgan fingerprint density at radius 2 is 2.18 bits per heavy atom. The van der Waals surface area contributed by atoms with E-state index in [0.29, 0.717) is 5.89 Å². The number of nitrogens with two attached hydrogens (primary N) is 1. The maximum Gasteiger partial charge on any atom is 0.230 e. The second-order valence-electron chi connectivity index (χ2n) is 3.79. The smallest absolute Gasteiger partial charge is 0.230 e. The zero-order valence-electron chi connectivity index (χ0n) is 9.64. The van der Waals surface area contributed by atoms with Crippen molar-refractivity contribution in [3.8, 4) is 17.5 Å². The third-order valence-corrected chi connectivity index (χ3v) is 2.37. The van der Waals surface area contributed by atoms with Gasteiger partial charge in [0.25, 0.3) is 0 Å². The highest BCUT2D eigenvalue weighted by molar-refractivity contribution is 5.63. The lowest BCUT2D eigenvalue weighted by Crippen LogP contribution is -2.08. The molecule has 2 rings (SSSR count). The standard InChI is InChI=1S/C12H12N4O/c1-16(2)9-5-3-4-8(6-9)12-15-10(7-13)11(14)17-12/h3-6H,14H2,1-2H3. The van der Waals surface area contributed by atoms with Gasteiger partial charge in [-0.1, -0.05) is 6.07 Å². The molecule has 0 saturated carbocycles. The Balaban J connectivity index is 2.46. The van der Waals surface area contributed by atoms with Gasteiger partial charge in [0, 0.05) is 25.3 Å². The molecule has 5 heteroatoms. The summed E-state index contributed by atoms with van der Waals surface area (Å²) in [5.41, 5.74) is 7.47. The van der Waals surface area contributed by atoms with Crippen molar-refractivity contribution in [2.75, 3.05) is 24.7 Å². The normalized spacial score (nSPS) is 9.94. The van der Waals surface area contributed by atoms with E-state index in [2.05, 4.69) is 4.98 Å². The van der Waals surface area contributed by atoms with Crippen LogP contribution in [0.5, 0.6) is 0 Å². The summed E-state index contributed by atoms with van der Waals surface area (Å²) in [6, 6.07) is 9.54. The van der Waals surface area contributed by atoms with E-state index < -0.39 is 0 Å². The van der Waals surface area contributed by atoms with Gasteiger partial charge in [-0.2, -0.15) is 10.2 Å². The molecule has 5 nitrogen and oxygen atoms in total. The van der Waals surface area contributed by atoms with E-state index in [4.69, 9.17) is 15.4 Å². The molecular formula is C12H12N4O. The highest BCUT2D eigenvalue weighted by atomic mass is 16.4. The van der Waals surface area contributed by atoms with Crippen molar-refractivity contribution in [3.63, 3.8) is 0 Å². The summed E-state index contributed by atoms with van der Waals surface area (Å²) in [6.07, 6.45) is 0. The molecule has 2 aromatic rings. The quantitative estimate of drug-likeness (QED) is 0.848. The Kier molecular flexibility index (Phi) is 2.71. The van der Waals surface area contributed by atoms with Gasteiger partial charge in [-0.05, 0) is 18.2 Å². The molecule has 0 aliphatic carbocycles. The van der Waals surface area contributed by atoms with Gasteiger partial charge in [0.15, 0.2) is 0 Å². The summed E-state index contributed by atoms with van der Waals surface area (Å²) in [4.78, 5) is 6.00. The van der Waals surface area contributed by atoms with E-state index in [1.54, 1.807) is 0 Å². The van der Waals surface area contributed by atoms with Crippen molar-refractivity contribution in [1.29, 1.82) is 5.26 Å². The molecule has 0 radical (unpaired) electrons. The number of nitrogens with zero attached hydrogens (tertiary/aromatic N) is 3. The maximum atomic E-state index is 8.76. The molecule has 0 spiro atoms. The first-order chi connectivity index (χ1) is 8.11. The topological polar surface area (TPSA) is 79.1 Å². The van der Waals surface area contributed by atoms with E-state index in [9.17, 15) is 0 Å². The van der Waals surface area contributed by atoms with Crippen molar-refractivity contribution >= 4 is 11.6 Å². The number of nitrogen functional groups attached to an aromatic ring is 1. The van der Waals surface area contributed by atoms with Gasteiger partial charge < -0.3 is 15.1 Å². The fourth-order valence-electron chi connectivity index (χ4n) is 1.45. The second kappa shape index (κ2) is 4.18. The minimum Gasteiger partial charge on any atom is -0.419 e. The fraction of sp³-hybridized carbons (Fsp3) is 0.167. The molecule has 1 heterocycles. The van der Waals surface area contributed by atoms with Gasteiger partial charge in [-0.15, -0.1) is 0 Å². The van der Waals surface area contributed by atoms with Crippen LogP contribution in [0.1, 0.15) is 5.69 Å². The maximum absolute atomic E-state index is 8.76. The second-order valence-corrected chi connectivity index (χ2v) is 3.79. The van der Waals surface area contributed by atoms with Crippen molar-refractivity contribution in [2.24, 2.45) is 0 Å². The molecule has 0 aliphatic heterocycles. The van der Waals surface area contributed by atoms with Gasteiger partial charge in [-0.3, -0.25) is 0 Å². The van der Waals surface area contributed by atoms with E-state index in [1.807, 2.05) is 49.3 Å². The molecule has 86 valence electrons. The van der Waals surface area contributed by atoms with E-state index in [-0.39, 0.29) is 11.6 Å². The largest absolute Gasteiger partial charge is 0.419 e. The summed E-state index contributed by atoms with van der Waals surface area (Å²) in [7, 11) is 3.90. The summed E-state index contributed by atoms with van der Waals surface area (Å²) in [5, 5.41) is 8.76. The molecular weight excluding hydrogens is 216 g/mol. The van der Waals surface area contributed by atoms with Crippen LogP contribution in [0, 0.1) is 11.3 Å². The highest BCUT2D eigenvalue weighted by Gasteiger charge is 2.12. The van der Waals surface area contributed by atoms with Crippen molar-refractivity contribution in [1.82, 2.24) is 4.98 Å². The first-order valence-electron chi connectivity index (χ1n) is 5.06. The third kappa shape index (κ3) is 2.06. The summed E-state index contributed by atoms with van der Waals surface area (Å²) < 4.78 is 5.25. The summed E-state index contributed by atoms with van der Waals surface area (Å²) >= 11 is 0. The summed E-state index contributed by atoms with van der Waals surface area (Å²) in [5.74, 6) is 0.417. The van der Waals surface area contributed by atoms with Crippen LogP contribution in [0.25, 0.3) is 11.5 Å². The number of oxazole rings is 1. The van der Waals surface area contributed by atoms with Gasteiger partial charge >= 0.3 is 0 Å². The third-order valence-electron chi connectivity index (χ3n) is 2.37. The number of rotatable bonds is 2. The number of hydrogen-bond donors (Lipinski definition) is 1. The van der Waals surface area contributed by atoms with Crippen LogP contribution in [-0.4, -0.2) is 19.1 Å². The molecule has 0 atom stereocenters. The molecule has 0 saturated heterocycles. The molecule has 0 fully saturated rings. The highest BCUT2D eigenvalue weighted by Crippen LogP contribution is 2.26. The lowest BCUT2D eigenvalue weighted by atomic mass is 10.2. The molecule has 0 unspecified atom stereocenters. The predicted octanol–water partition coefficient (Wildman–Crippen LogP) is 1.86. The Bertz CT molecular complexity index is 580. The van der Waals surface area contributed by atoms with Crippen LogP contribution in [0.2, 0.25) is 0 Å². The molecule has 0 aliphatic rings. The van der Waals surface area contributed by atoms with Crippen molar-refractivity contribution in [2.45, 2.75) is 0 Å². The lowest BCUT2D eigenvalue weighted by molar-refractivity contribution is 0.593. The first-order valence-corrected chi connectivity index (χ1v) is 5.06. The van der Waals surface area contributed by atoms with Gasteiger partial charge in [-0.25, -0.2) is 0 Å². The Labute approximate surface area is 99.1 Å². The summed E-state index contributed by atoms with van der Waals surface area (Å²) in [6.45, 7) is 0. The molecule has 0 bridgehead atoms. The van der Waals surface area contributed by atoms with E-state index in [1.165, 1.54) is 0 Å². The SMILES string of the molecule is CN(C)c1cccc(-c2nc(C#N)c(N)o2)c1. The lowest BCUT2D eigenvalue weighted by Gasteiger charge is -2.12. The van der Waals surface area contributed by atoms with Gasteiger partial charge in [0.05, 0.1) is 0 Å². The van der Waals surface area contributed by atoms with Crippen LogP contribution < -0.4 is 10.6 Å². The number of nitriles is 1. The average Bonchev–Trinajstić information content (AvgIpc) is 2.71. The fourth-order valence-corrected chi connectivity index (χ4v) is 1.45. The molecule has 1 aromatic heterocycles. The number of anilines is 2. The van der Waals surface area contributed by atoms with Crippen LogP contribution >= 0.6 is 0 Å². The Hall–Kier alpha value is -2.48. The van der Waals surface area contributed by atoms with Crippen LogP contribution in [0.15, 0.2) is 28.7 Å². The zero-order chi connectivity index (χ0) is 12.4. The Morgan fingerprint density at radius 3 is 2.76 bits per heavy atom. The number of hydrogen-bond acceptors (Lipinski definition) is 5.